The predicted molar refractivity (Wildman–Crippen MR) is 60.4 cm³/mol. The van der Waals surface area contributed by atoms with Gasteiger partial charge in [-0.1, -0.05) is 6.07 Å². The first kappa shape index (κ1) is 11.0. The van der Waals surface area contributed by atoms with E-state index >= 15 is 0 Å². The molecule has 0 amide bonds. The number of aliphatic hydroxyl groups excluding tert-OH is 1. The molecule has 1 aromatic heterocycles. The van der Waals surface area contributed by atoms with Crippen molar-refractivity contribution in [1.29, 1.82) is 0 Å². The topological polar surface area (TPSA) is 42.4 Å². The molecule has 1 aliphatic carbocycles. The maximum absolute atomic E-state index is 9.57. The normalized spacial score (nSPS) is 25.7. The fraction of sp³-hybridized carbons (Fsp3) is 0.545. The third-order valence-electron chi connectivity index (χ3n) is 2.64. The van der Waals surface area contributed by atoms with Crippen LogP contribution in [0.2, 0.25) is 0 Å². The lowest BCUT2D eigenvalue weighted by atomic mass is 10.2. The van der Waals surface area contributed by atoms with E-state index in [0.29, 0.717) is 6.61 Å². The van der Waals surface area contributed by atoms with Gasteiger partial charge < -0.3 is 9.84 Å². The Kier molecular flexibility index (Phi) is 3.72. The Morgan fingerprint density at radius 2 is 2.33 bits per heavy atom. The van der Waals surface area contributed by atoms with Gasteiger partial charge in [-0.2, -0.15) is 0 Å². The van der Waals surface area contributed by atoms with Gasteiger partial charge in [-0.25, -0.2) is 4.98 Å². The van der Waals surface area contributed by atoms with E-state index < -0.39 is 0 Å². The number of nitrogens with zero attached hydrogens (tertiary/aromatic N) is 1. The van der Waals surface area contributed by atoms with Crippen molar-refractivity contribution in [2.24, 2.45) is 0 Å². The molecule has 15 heavy (non-hydrogen) atoms. The molecule has 0 aromatic carbocycles. The van der Waals surface area contributed by atoms with Crippen LogP contribution in [0.1, 0.15) is 25.0 Å². The zero-order chi connectivity index (χ0) is 10.7. The first-order valence-electron chi connectivity index (χ1n) is 5.17. The second kappa shape index (κ2) is 5.05. The minimum atomic E-state index is -0.294. The average Bonchev–Trinajstić information content (AvgIpc) is 2.61. The third-order valence-corrected chi connectivity index (χ3v) is 3.08. The lowest BCUT2D eigenvalue weighted by Crippen LogP contribution is -2.22. The van der Waals surface area contributed by atoms with Crippen molar-refractivity contribution in [3.8, 4) is 0 Å². The molecule has 0 aliphatic heterocycles. The van der Waals surface area contributed by atoms with Gasteiger partial charge in [0.2, 0.25) is 0 Å². The lowest BCUT2D eigenvalue weighted by molar-refractivity contribution is -0.0284. The molecule has 1 saturated carbocycles. The number of hydrogen-bond donors (Lipinski definition) is 1. The van der Waals surface area contributed by atoms with Crippen LogP contribution in [0.5, 0.6) is 0 Å². The third kappa shape index (κ3) is 3.00. The maximum Gasteiger partial charge on any atom is 0.106 e. The van der Waals surface area contributed by atoms with Gasteiger partial charge in [-0.3, -0.25) is 0 Å². The molecule has 0 bridgehead atoms. The Morgan fingerprint density at radius 1 is 1.47 bits per heavy atom. The molecule has 0 radical (unpaired) electrons. The van der Waals surface area contributed by atoms with Crippen molar-refractivity contribution in [2.75, 3.05) is 0 Å². The zero-order valence-electron chi connectivity index (χ0n) is 8.40. The molecular formula is C11H14BrNO2. The van der Waals surface area contributed by atoms with E-state index in [0.717, 1.165) is 29.6 Å². The van der Waals surface area contributed by atoms with Crippen LogP contribution >= 0.6 is 15.9 Å². The molecule has 1 fully saturated rings. The van der Waals surface area contributed by atoms with Gasteiger partial charge in [0.15, 0.2) is 0 Å². The Labute approximate surface area is 97.6 Å². The fourth-order valence-electron chi connectivity index (χ4n) is 1.82. The molecule has 1 heterocycles. The van der Waals surface area contributed by atoms with Crippen molar-refractivity contribution in [3.63, 3.8) is 0 Å². The van der Waals surface area contributed by atoms with Crippen LogP contribution in [0, 0.1) is 0 Å². The minimum absolute atomic E-state index is 0.00854. The highest BCUT2D eigenvalue weighted by Crippen LogP contribution is 2.22. The lowest BCUT2D eigenvalue weighted by Gasteiger charge is -2.15. The molecule has 1 N–H and O–H groups in total. The molecular weight excluding hydrogens is 258 g/mol. The molecule has 4 heteroatoms. The average molecular weight is 272 g/mol. The number of rotatable bonds is 3. The zero-order valence-corrected chi connectivity index (χ0v) is 9.98. The van der Waals surface area contributed by atoms with Crippen molar-refractivity contribution >= 4 is 15.9 Å². The second-order valence-electron chi connectivity index (χ2n) is 3.80. The second-order valence-corrected chi connectivity index (χ2v) is 4.61. The van der Waals surface area contributed by atoms with E-state index in [4.69, 9.17) is 4.74 Å². The van der Waals surface area contributed by atoms with E-state index in [1.807, 2.05) is 18.2 Å². The van der Waals surface area contributed by atoms with Crippen LogP contribution in [0.15, 0.2) is 22.8 Å². The van der Waals surface area contributed by atoms with Crippen LogP contribution in [0.4, 0.5) is 0 Å². The molecule has 0 saturated heterocycles. The summed E-state index contributed by atoms with van der Waals surface area (Å²) in [5.41, 5.74) is 0.892. The summed E-state index contributed by atoms with van der Waals surface area (Å²) in [6, 6.07) is 5.74. The smallest absolute Gasteiger partial charge is 0.106 e. The summed E-state index contributed by atoms with van der Waals surface area (Å²) in [5.74, 6) is 0. The Hall–Kier alpha value is -0.450. The monoisotopic (exact) mass is 271 g/mol. The Bertz CT molecular complexity index is 332. The van der Waals surface area contributed by atoms with E-state index in [1.54, 1.807) is 0 Å². The van der Waals surface area contributed by atoms with Crippen molar-refractivity contribution < 1.29 is 9.84 Å². The fourth-order valence-corrected chi connectivity index (χ4v) is 2.20. The van der Waals surface area contributed by atoms with Crippen LogP contribution < -0.4 is 0 Å². The van der Waals surface area contributed by atoms with Gasteiger partial charge in [-0.05, 0) is 47.3 Å². The SMILES string of the molecule is OC1CCCC1OCc1cccc(Br)n1. The highest BCUT2D eigenvalue weighted by molar-refractivity contribution is 9.10. The van der Waals surface area contributed by atoms with E-state index in [9.17, 15) is 5.11 Å². The minimum Gasteiger partial charge on any atom is -0.390 e. The van der Waals surface area contributed by atoms with Gasteiger partial charge in [0.25, 0.3) is 0 Å². The molecule has 1 aromatic rings. The van der Waals surface area contributed by atoms with Crippen LogP contribution in [0.3, 0.4) is 0 Å². The number of halogens is 1. The first-order valence-corrected chi connectivity index (χ1v) is 5.96. The van der Waals surface area contributed by atoms with Crippen LogP contribution in [0.25, 0.3) is 0 Å². The van der Waals surface area contributed by atoms with Gasteiger partial charge >= 0.3 is 0 Å². The number of ether oxygens (including phenoxy) is 1. The summed E-state index contributed by atoms with van der Waals surface area (Å²) in [6.07, 6.45) is 2.56. The molecule has 2 unspecified atom stereocenters. The molecule has 82 valence electrons. The highest BCUT2D eigenvalue weighted by Gasteiger charge is 2.25. The number of aliphatic hydroxyl groups is 1. The van der Waals surface area contributed by atoms with Gasteiger partial charge in [0, 0.05) is 0 Å². The van der Waals surface area contributed by atoms with E-state index in [2.05, 4.69) is 20.9 Å². The van der Waals surface area contributed by atoms with Crippen LogP contribution in [-0.4, -0.2) is 22.3 Å². The standard InChI is InChI=1S/C11H14BrNO2/c12-11-6-1-3-8(13-11)7-15-10-5-2-4-9(10)14/h1,3,6,9-10,14H,2,4-5,7H2. The predicted octanol–water partition coefficient (Wildman–Crippen LogP) is 2.27. The molecule has 3 nitrogen and oxygen atoms in total. The maximum atomic E-state index is 9.57. The Balaban J connectivity index is 1.87. The summed E-state index contributed by atoms with van der Waals surface area (Å²) >= 11 is 3.31. The summed E-state index contributed by atoms with van der Waals surface area (Å²) in [7, 11) is 0. The molecule has 2 rings (SSSR count). The molecule has 0 spiro atoms. The molecule has 2 atom stereocenters. The van der Waals surface area contributed by atoms with Crippen LogP contribution in [-0.2, 0) is 11.3 Å². The van der Waals surface area contributed by atoms with Crippen molar-refractivity contribution in [3.05, 3.63) is 28.5 Å². The summed E-state index contributed by atoms with van der Waals surface area (Å²) < 4.78 is 6.44. The molecule has 1 aliphatic rings. The number of aromatic nitrogens is 1. The quantitative estimate of drug-likeness (QED) is 0.858. The van der Waals surface area contributed by atoms with Crippen molar-refractivity contribution in [2.45, 2.75) is 38.1 Å². The Morgan fingerprint density at radius 3 is 3.00 bits per heavy atom. The van der Waals surface area contributed by atoms with Gasteiger partial charge in [0.05, 0.1) is 24.5 Å². The highest BCUT2D eigenvalue weighted by atomic mass is 79.9. The van der Waals surface area contributed by atoms with E-state index in [-0.39, 0.29) is 12.2 Å². The van der Waals surface area contributed by atoms with Gasteiger partial charge in [0.1, 0.15) is 4.60 Å². The van der Waals surface area contributed by atoms with Gasteiger partial charge in [-0.15, -0.1) is 0 Å². The largest absolute Gasteiger partial charge is 0.390 e. The summed E-state index contributed by atoms with van der Waals surface area (Å²) in [5, 5.41) is 9.57. The summed E-state index contributed by atoms with van der Waals surface area (Å²) in [6.45, 7) is 0.473. The number of pyridine rings is 1. The number of hydrogen-bond acceptors (Lipinski definition) is 3. The first-order chi connectivity index (χ1) is 7.25. The summed E-state index contributed by atoms with van der Waals surface area (Å²) in [4.78, 5) is 4.27. The van der Waals surface area contributed by atoms with Crippen molar-refractivity contribution in [1.82, 2.24) is 4.98 Å². The van der Waals surface area contributed by atoms with E-state index in [1.165, 1.54) is 0 Å².